The average molecular weight is 519 g/mol. The third-order valence-corrected chi connectivity index (χ3v) is 13.1. The molecular formula is C30H50N2O3S. The van der Waals surface area contributed by atoms with Gasteiger partial charge in [0.1, 0.15) is 6.79 Å². The first-order valence-corrected chi connectivity index (χ1v) is 15.7. The summed E-state index contributed by atoms with van der Waals surface area (Å²) in [5.41, 5.74) is 6.63. The van der Waals surface area contributed by atoms with Gasteiger partial charge in [0.05, 0.1) is 11.4 Å². The van der Waals surface area contributed by atoms with Gasteiger partial charge in [-0.25, -0.2) is 0 Å². The minimum absolute atomic E-state index is 0.0238. The minimum atomic E-state index is -0.0835. The van der Waals surface area contributed by atoms with Crippen LogP contribution in [0.15, 0.2) is 4.99 Å². The fourth-order valence-corrected chi connectivity index (χ4v) is 11.5. The maximum atomic E-state index is 12.4. The largest absolute Gasteiger partial charge is 0.378 e. The van der Waals surface area contributed by atoms with Gasteiger partial charge < -0.3 is 15.2 Å². The molecule has 5 nitrogen and oxygen atoms in total. The van der Waals surface area contributed by atoms with Crippen molar-refractivity contribution in [1.29, 1.82) is 0 Å². The van der Waals surface area contributed by atoms with Crippen molar-refractivity contribution in [3.8, 4) is 0 Å². The fraction of sp³-hybridized carbons (Fsp3) is 0.933. The second-order valence-corrected chi connectivity index (χ2v) is 15.0. The maximum Gasteiger partial charge on any atom is 0.261 e. The van der Waals surface area contributed by atoms with Gasteiger partial charge in [-0.2, -0.15) is 4.99 Å². The first-order chi connectivity index (χ1) is 17.1. The van der Waals surface area contributed by atoms with Crippen molar-refractivity contribution in [1.82, 2.24) is 0 Å². The number of carbonyl (C=O) groups is 1. The van der Waals surface area contributed by atoms with E-state index in [9.17, 15) is 4.79 Å². The number of methoxy groups -OCH3 is 1. The van der Waals surface area contributed by atoms with Gasteiger partial charge in [0, 0.05) is 7.11 Å². The van der Waals surface area contributed by atoms with Crippen LogP contribution in [0.25, 0.3) is 0 Å². The summed E-state index contributed by atoms with van der Waals surface area (Å²) in [6.45, 7) is 12.9. The number of hydrogen-bond donors (Lipinski definition) is 1. The lowest BCUT2D eigenvalue weighted by molar-refractivity contribution is -0.231. The zero-order valence-corrected chi connectivity index (χ0v) is 24.3. The Morgan fingerprint density at radius 2 is 1.83 bits per heavy atom. The molecule has 0 saturated heterocycles. The highest BCUT2D eigenvalue weighted by Crippen LogP contribution is 2.70. The highest BCUT2D eigenvalue weighted by molar-refractivity contribution is 8.15. The molecule has 12 atom stereocenters. The first kappa shape index (κ1) is 27.0. The zero-order chi connectivity index (χ0) is 25.8. The SMILES string of the molecule is CC[C@H]1C(OCOC)C2C3CC[C@H]([C@H](C)CC4SC(N)=NC4=O)[C@@]3(C)CCC2[C@@]2(C)CC[C@@H](C)C[C@@H]12. The molecule has 4 saturated carbocycles. The summed E-state index contributed by atoms with van der Waals surface area (Å²) in [7, 11) is 1.77. The van der Waals surface area contributed by atoms with Crippen LogP contribution in [-0.4, -0.2) is 36.3 Å². The summed E-state index contributed by atoms with van der Waals surface area (Å²) in [5, 5.41) is 0.364. The van der Waals surface area contributed by atoms with Gasteiger partial charge in [0.25, 0.3) is 5.91 Å². The Bertz CT molecular complexity index is 865. The quantitative estimate of drug-likeness (QED) is 0.389. The summed E-state index contributed by atoms with van der Waals surface area (Å²) in [6.07, 6.45) is 11.8. The van der Waals surface area contributed by atoms with Crippen molar-refractivity contribution in [3.63, 3.8) is 0 Å². The van der Waals surface area contributed by atoms with Gasteiger partial charge >= 0.3 is 0 Å². The number of aliphatic imine (C=N–C) groups is 1. The number of amidine groups is 1. The van der Waals surface area contributed by atoms with E-state index in [1.54, 1.807) is 7.11 Å². The number of hydrogen-bond acceptors (Lipinski definition) is 5. The summed E-state index contributed by atoms with van der Waals surface area (Å²) in [4.78, 5) is 16.4. The number of nitrogens with zero attached hydrogens (tertiary/aromatic N) is 1. The molecule has 4 fully saturated rings. The van der Waals surface area contributed by atoms with E-state index in [1.807, 2.05) is 0 Å². The Morgan fingerprint density at radius 1 is 1.11 bits per heavy atom. The molecule has 5 aliphatic rings. The van der Waals surface area contributed by atoms with Gasteiger partial charge in [-0.15, -0.1) is 0 Å². The van der Waals surface area contributed by atoms with E-state index in [0.29, 0.717) is 58.5 Å². The summed E-state index contributed by atoms with van der Waals surface area (Å²) in [6, 6.07) is 0. The van der Waals surface area contributed by atoms with E-state index in [4.69, 9.17) is 15.2 Å². The van der Waals surface area contributed by atoms with Crippen molar-refractivity contribution in [3.05, 3.63) is 0 Å². The second kappa shape index (κ2) is 10.2. The molecule has 5 unspecified atom stereocenters. The molecule has 36 heavy (non-hydrogen) atoms. The van der Waals surface area contributed by atoms with Crippen molar-refractivity contribution >= 4 is 22.8 Å². The Hall–Kier alpha value is -0.590. The van der Waals surface area contributed by atoms with E-state index in [0.717, 1.165) is 24.2 Å². The third-order valence-electron chi connectivity index (χ3n) is 12.1. The van der Waals surface area contributed by atoms with Crippen LogP contribution in [0.3, 0.4) is 0 Å². The molecule has 1 heterocycles. The van der Waals surface area contributed by atoms with Gasteiger partial charge in [-0.3, -0.25) is 4.79 Å². The molecule has 0 radical (unpaired) electrons. The van der Waals surface area contributed by atoms with Crippen LogP contribution >= 0.6 is 11.8 Å². The van der Waals surface area contributed by atoms with Gasteiger partial charge in [0.2, 0.25) is 0 Å². The van der Waals surface area contributed by atoms with Crippen LogP contribution in [0.4, 0.5) is 0 Å². The lowest BCUT2D eigenvalue weighted by atomic mass is 9.41. The summed E-state index contributed by atoms with van der Waals surface area (Å²) in [5.74, 6) is 5.43. The number of thioether (sulfide) groups is 1. The standard InChI is InChI=1S/C30H50N2O3S/c1-7-19-23-14-17(2)10-12-30(23,5)22-11-13-29(4)20(18(3)15-24-27(33)32-28(31)36-24)8-9-21(29)25(22)26(19)35-16-34-6/h17-26H,7-16H2,1-6H3,(H2,31,32,33)/t17-,18-,19-,20-,21?,22?,23+,24?,25?,26?,29-,30-/m1/s1. The van der Waals surface area contributed by atoms with Crippen LogP contribution < -0.4 is 5.73 Å². The molecule has 4 aliphatic carbocycles. The van der Waals surface area contributed by atoms with Gasteiger partial charge in [-0.1, -0.05) is 59.2 Å². The van der Waals surface area contributed by atoms with E-state index >= 15 is 0 Å². The molecule has 204 valence electrons. The molecular weight excluding hydrogens is 468 g/mol. The monoisotopic (exact) mass is 518 g/mol. The zero-order valence-electron chi connectivity index (χ0n) is 23.5. The number of ether oxygens (including phenoxy) is 2. The molecule has 0 aromatic heterocycles. The van der Waals surface area contributed by atoms with Gasteiger partial charge in [-0.05, 0) is 103 Å². The summed E-state index contributed by atoms with van der Waals surface area (Å²) < 4.78 is 12.2. The lowest BCUT2D eigenvalue weighted by Crippen LogP contribution is -2.62. The summed E-state index contributed by atoms with van der Waals surface area (Å²) >= 11 is 1.48. The molecule has 5 rings (SSSR count). The predicted molar refractivity (Wildman–Crippen MR) is 147 cm³/mol. The number of fused-ring (bicyclic) bond motifs is 5. The van der Waals surface area contributed by atoms with Crippen molar-refractivity contribution in [2.24, 2.45) is 68.9 Å². The Balaban J connectivity index is 1.43. The topological polar surface area (TPSA) is 73.9 Å². The molecule has 0 aromatic rings. The molecule has 6 heteroatoms. The van der Waals surface area contributed by atoms with Crippen LogP contribution in [0.2, 0.25) is 0 Å². The van der Waals surface area contributed by atoms with E-state index in [2.05, 4.69) is 39.6 Å². The average Bonchev–Trinajstić information content (AvgIpc) is 3.35. The highest BCUT2D eigenvalue weighted by Gasteiger charge is 2.65. The fourth-order valence-electron chi connectivity index (χ4n) is 10.6. The Labute approximate surface area is 223 Å². The first-order valence-electron chi connectivity index (χ1n) is 14.8. The number of amides is 1. The van der Waals surface area contributed by atoms with Crippen molar-refractivity contribution < 1.29 is 14.3 Å². The van der Waals surface area contributed by atoms with E-state index in [-0.39, 0.29) is 11.2 Å². The van der Waals surface area contributed by atoms with Crippen LogP contribution in [0.1, 0.15) is 92.4 Å². The van der Waals surface area contributed by atoms with Crippen LogP contribution in [0, 0.1) is 58.2 Å². The smallest absolute Gasteiger partial charge is 0.261 e. The lowest BCUT2D eigenvalue weighted by Gasteiger charge is -2.65. The van der Waals surface area contributed by atoms with Crippen molar-refractivity contribution in [2.75, 3.05) is 13.9 Å². The molecule has 0 bridgehead atoms. The third kappa shape index (κ3) is 4.29. The molecule has 1 aliphatic heterocycles. The minimum Gasteiger partial charge on any atom is -0.378 e. The second-order valence-electron chi connectivity index (χ2n) is 13.7. The Kier molecular flexibility index (Phi) is 7.64. The normalized spacial score (nSPS) is 49.2. The molecule has 1 amide bonds. The molecule has 0 spiro atoms. The van der Waals surface area contributed by atoms with E-state index in [1.165, 1.54) is 63.1 Å². The molecule has 0 aromatic carbocycles. The van der Waals surface area contributed by atoms with E-state index < -0.39 is 0 Å². The highest BCUT2D eigenvalue weighted by atomic mass is 32.2. The maximum absolute atomic E-state index is 12.4. The number of carbonyl (C=O) groups excluding carboxylic acids is 1. The number of rotatable bonds is 7. The predicted octanol–water partition coefficient (Wildman–Crippen LogP) is 6.50. The van der Waals surface area contributed by atoms with Crippen molar-refractivity contribution in [2.45, 2.75) is 104 Å². The van der Waals surface area contributed by atoms with Crippen LogP contribution in [-0.2, 0) is 14.3 Å². The Morgan fingerprint density at radius 3 is 2.50 bits per heavy atom. The van der Waals surface area contributed by atoms with Crippen LogP contribution in [0.5, 0.6) is 0 Å². The number of nitrogens with two attached hydrogens (primary N) is 1. The molecule has 2 N–H and O–H groups in total. The van der Waals surface area contributed by atoms with Gasteiger partial charge in [0.15, 0.2) is 5.17 Å².